The van der Waals surface area contributed by atoms with Gasteiger partial charge in [0.2, 0.25) is 0 Å². The van der Waals surface area contributed by atoms with E-state index in [0.717, 1.165) is 5.56 Å². The first-order valence-corrected chi connectivity index (χ1v) is 8.77. The highest BCUT2D eigenvalue weighted by molar-refractivity contribution is 6.36. The van der Waals surface area contributed by atoms with Crippen molar-refractivity contribution in [1.82, 2.24) is 4.98 Å². The first-order valence-electron chi connectivity index (χ1n) is 8.01. The van der Waals surface area contributed by atoms with Crippen LogP contribution in [0.3, 0.4) is 0 Å². The predicted molar refractivity (Wildman–Crippen MR) is 103 cm³/mol. The lowest BCUT2D eigenvalue weighted by Crippen LogP contribution is -2.30. The van der Waals surface area contributed by atoms with Crippen molar-refractivity contribution in [3.05, 3.63) is 57.7 Å². The number of ether oxygens (including phenoxy) is 1. The zero-order valence-electron chi connectivity index (χ0n) is 15.0. The second-order valence-corrected chi connectivity index (χ2v) is 7.69. The number of nitrogens with one attached hydrogen (secondary N) is 1. The molecule has 0 fully saturated rings. The number of benzene rings is 1. The summed E-state index contributed by atoms with van der Waals surface area (Å²) in [6.45, 7) is 7.73. The zero-order valence-corrected chi connectivity index (χ0v) is 16.5. The Morgan fingerprint density at radius 2 is 1.77 bits per heavy atom. The Balaban J connectivity index is 2.00. The second-order valence-electron chi connectivity index (χ2n) is 6.85. The Morgan fingerprint density at radius 1 is 1.15 bits per heavy atom. The van der Waals surface area contributed by atoms with Gasteiger partial charge in [0, 0.05) is 6.20 Å². The minimum atomic E-state index is -1.02. The highest BCUT2D eigenvalue weighted by Gasteiger charge is 2.21. The zero-order chi connectivity index (χ0) is 19.5. The van der Waals surface area contributed by atoms with Crippen molar-refractivity contribution in [3.63, 3.8) is 0 Å². The van der Waals surface area contributed by atoms with Gasteiger partial charge in [-0.05, 0) is 36.1 Å². The average Bonchev–Trinajstić information content (AvgIpc) is 2.56. The summed E-state index contributed by atoms with van der Waals surface area (Å²) in [7, 11) is 0. The standard InChI is InChI=1S/C19H20Cl2N2O3/c1-11(17(24)23-16-15(21)9-14(20)10-22-16)26-18(25)12-5-7-13(8-6-12)19(2,3)4/h5-11H,1-4H3,(H,22,23,24)/t11-/m1/s1. The van der Waals surface area contributed by atoms with E-state index in [2.05, 4.69) is 31.1 Å². The molecule has 0 saturated carbocycles. The Kier molecular flexibility index (Phi) is 6.26. The van der Waals surface area contributed by atoms with E-state index in [4.69, 9.17) is 27.9 Å². The fraction of sp³-hybridized carbons (Fsp3) is 0.316. The van der Waals surface area contributed by atoms with Crippen molar-refractivity contribution < 1.29 is 14.3 Å². The van der Waals surface area contributed by atoms with E-state index in [1.165, 1.54) is 19.2 Å². The van der Waals surface area contributed by atoms with Gasteiger partial charge < -0.3 is 10.1 Å². The van der Waals surface area contributed by atoms with Gasteiger partial charge in [-0.15, -0.1) is 0 Å². The van der Waals surface area contributed by atoms with Crippen LogP contribution in [0.25, 0.3) is 0 Å². The molecular weight excluding hydrogens is 375 g/mol. The Bertz CT molecular complexity index is 815. The van der Waals surface area contributed by atoms with Gasteiger partial charge in [-0.3, -0.25) is 4.79 Å². The van der Waals surface area contributed by atoms with Gasteiger partial charge in [-0.2, -0.15) is 0 Å². The summed E-state index contributed by atoms with van der Waals surface area (Å²) in [6.07, 6.45) is 0.342. The highest BCUT2D eigenvalue weighted by atomic mass is 35.5. The van der Waals surface area contributed by atoms with Crippen LogP contribution in [-0.4, -0.2) is 23.0 Å². The average molecular weight is 395 g/mol. The molecule has 0 saturated heterocycles. The van der Waals surface area contributed by atoms with Crippen LogP contribution in [-0.2, 0) is 14.9 Å². The third-order valence-corrected chi connectivity index (χ3v) is 4.18. The summed E-state index contributed by atoms with van der Waals surface area (Å²) in [5, 5.41) is 3.05. The molecule has 0 unspecified atom stereocenters. The summed E-state index contributed by atoms with van der Waals surface area (Å²) in [5.74, 6) is -0.969. The topological polar surface area (TPSA) is 68.3 Å². The molecule has 1 amide bonds. The quantitative estimate of drug-likeness (QED) is 0.750. The van der Waals surface area contributed by atoms with E-state index in [-0.39, 0.29) is 16.3 Å². The molecule has 1 aromatic carbocycles. The maximum Gasteiger partial charge on any atom is 0.338 e. The molecule has 0 aliphatic heterocycles. The number of hydrogen-bond acceptors (Lipinski definition) is 4. The number of carbonyl (C=O) groups excluding carboxylic acids is 2. The summed E-state index contributed by atoms with van der Waals surface area (Å²) < 4.78 is 5.21. The lowest BCUT2D eigenvalue weighted by molar-refractivity contribution is -0.123. The van der Waals surface area contributed by atoms with Crippen LogP contribution in [0, 0.1) is 0 Å². The minimum Gasteiger partial charge on any atom is -0.449 e. The predicted octanol–water partition coefficient (Wildman–Crippen LogP) is 4.87. The molecule has 1 heterocycles. The fourth-order valence-electron chi connectivity index (χ4n) is 2.11. The molecule has 0 aliphatic rings. The Hall–Kier alpha value is -2.11. The van der Waals surface area contributed by atoms with Gasteiger partial charge >= 0.3 is 5.97 Å². The molecule has 1 N–H and O–H groups in total. The largest absolute Gasteiger partial charge is 0.449 e. The number of carbonyl (C=O) groups is 2. The number of rotatable bonds is 4. The van der Waals surface area contributed by atoms with Crippen molar-refractivity contribution in [2.75, 3.05) is 5.32 Å². The highest BCUT2D eigenvalue weighted by Crippen LogP contribution is 2.24. The molecule has 2 aromatic rings. The van der Waals surface area contributed by atoms with E-state index in [1.807, 2.05) is 12.1 Å². The lowest BCUT2D eigenvalue weighted by atomic mass is 9.87. The first-order chi connectivity index (χ1) is 12.1. The smallest absolute Gasteiger partial charge is 0.338 e. The fourth-order valence-corrected chi connectivity index (χ4v) is 2.54. The van der Waals surface area contributed by atoms with E-state index in [0.29, 0.717) is 10.6 Å². The Labute approximate surface area is 162 Å². The Morgan fingerprint density at radius 3 is 2.31 bits per heavy atom. The van der Waals surface area contributed by atoms with Crippen LogP contribution in [0.15, 0.2) is 36.5 Å². The van der Waals surface area contributed by atoms with Gasteiger partial charge in [0.05, 0.1) is 15.6 Å². The first kappa shape index (κ1) is 20.2. The number of halogens is 2. The molecule has 5 nitrogen and oxygen atoms in total. The number of pyridine rings is 1. The normalized spacial score (nSPS) is 12.4. The van der Waals surface area contributed by atoms with Gasteiger partial charge in [-0.1, -0.05) is 56.1 Å². The SMILES string of the molecule is C[C@@H](OC(=O)c1ccc(C(C)(C)C)cc1)C(=O)Nc1ncc(Cl)cc1Cl. The molecule has 138 valence electrons. The van der Waals surface area contributed by atoms with Crippen molar-refractivity contribution in [2.45, 2.75) is 39.2 Å². The number of hydrogen-bond donors (Lipinski definition) is 1. The van der Waals surface area contributed by atoms with Gasteiger partial charge in [0.25, 0.3) is 5.91 Å². The van der Waals surface area contributed by atoms with Crippen molar-refractivity contribution in [2.24, 2.45) is 0 Å². The molecule has 1 atom stereocenters. The number of anilines is 1. The molecule has 2 rings (SSSR count). The third-order valence-electron chi connectivity index (χ3n) is 3.69. The molecule has 26 heavy (non-hydrogen) atoms. The van der Waals surface area contributed by atoms with Crippen LogP contribution in [0.1, 0.15) is 43.6 Å². The van der Waals surface area contributed by atoms with Crippen molar-refractivity contribution >= 4 is 40.9 Å². The van der Waals surface area contributed by atoms with E-state index < -0.39 is 18.0 Å². The monoisotopic (exact) mass is 394 g/mol. The van der Waals surface area contributed by atoms with E-state index in [9.17, 15) is 9.59 Å². The minimum absolute atomic E-state index is 0.0134. The number of amides is 1. The summed E-state index contributed by atoms with van der Waals surface area (Å²) in [6, 6.07) is 8.58. The molecular formula is C19H20Cl2N2O3. The van der Waals surface area contributed by atoms with Gasteiger partial charge in [0.15, 0.2) is 11.9 Å². The maximum atomic E-state index is 12.2. The van der Waals surface area contributed by atoms with E-state index in [1.54, 1.807) is 12.1 Å². The summed E-state index contributed by atoms with van der Waals surface area (Å²) in [4.78, 5) is 28.3. The van der Waals surface area contributed by atoms with Crippen LogP contribution >= 0.6 is 23.2 Å². The second kappa shape index (κ2) is 8.06. The van der Waals surface area contributed by atoms with Crippen LogP contribution < -0.4 is 5.32 Å². The van der Waals surface area contributed by atoms with Crippen LogP contribution in [0.4, 0.5) is 5.82 Å². The molecule has 1 aromatic heterocycles. The molecule has 0 aliphatic carbocycles. The lowest BCUT2D eigenvalue weighted by Gasteiger charge is -2.19. The maximum absolute atomic E-state index is 12.2. The summed E-state index contributed by atoms with van der Waals surface area (Å²) in [5.41, 5.74) is 1.46. The van der Waals surface area contributed by atoms with E-state index >= 15 is 0 Å². The van der Waals surface area contributed by atoms with Crippen molar-refractivity contribution in [3.8, 4) is 0 Å². The third kappa shape index (κ3) is 5.19. The number of aromatic nitrogens is 1. The molecule has 0 bridgehead atoms. The summed E-state index contributed by atoms with van der Waals surface area (Å²) >= 11 is 11.7. The molecule has 7 heteroatoms. The molecule has 0 radical (unpaired) electrons. The van der Waals surface area contributed by atoms with Crippen molar-refractivity contribution in [1.29, 1.82) is 0 Å². The van der Waals surface area contributed by atoms with Gasteiger partial charge in [0.1, 0.15) is 0 Å². The van der Waals surface area contributed by atoms with Gasteiger partial charge in [-0.25, -0.2) is 9.78 Å². The number of esters is 1. The number of nitrogens with zero attached hydrogens (tertiary/aromatic N) is 1. The van der Waals surface area contributed by atoms with Crippen LogP contribution in [0.5, 0.6) is 0 Å². The van der Waals surface area contributed by atoms with Crippen LogP contribution in [0.2, 0.25) is 10.0 Å². The molecule has 0 spiro atoms.